The van der Waals surface area contributed by atoms with E-state index in [9.17, 15) is 0 Å². The Morgan fingerprint density at radius 1 is 1.19 bits per heavy atom. The van der Waals surface area contributed by atoms with E-state index in [2.05, 4.69) is 41.6 Å². The van der Waals surface area contributed by atoms with Gasteiger partial charge in [0.25, 0.3) is 0 Å². The normalized spacial score (nSPS) is 10.7. The van der Waals surface area contributed by atoms with Crippen LogP contribution in [0.4, 0.5) is 0 Å². The molecule has 0 saturated carbocycles. The van der Waals surface area contributed by atoms with Gasteiger partial charge in [-0.05, 0) is 55.3 Å². The van der Waals surface area contributed by atoms with Crippen LogP contribution in [0.25, 0.3) is 16.7 Å². The van der Waals surface area contributed by atoms with Gasteiger partial charge in [-0.3, -0.25) is 4.98 Å². The summed E-state index contributed by atoms with van der Waals surface area (Å²) in [6.07, 6.45) is 4.12. The van der Waals surface area contributed by atoms with Gasteiger partial charge < -0.3 is 4.57 Å². The number of nitriles is 1. The minimum atomic E-state index is 0.678. The van der Waals surface area contributed by atoms with Crippen molar-refractivity contribution in [3.05, 3.63) is 59.4 Å². The molecule has 3 rings (SSSR count). The van der Waals surface area contributed by atoms with Gasteiger partial charge in [-0.2, -0.15) is 5.26 Å². The third-order valence-corrected chi connectivity index (χ3v) is 3.69. The van der Waals surface area contributed by atoms with Crippen LogP contribution in [0.15, 0.2) is 42.6 Å². The molecule has 0 saturated heterocycles. The van der Waals surface area contributed by atoms with Gasteiger partial charge in [0.2, 0.25) is 0 Å². The van der Waals surface area contributed by atoms with Crippen LogP contribution < -0.4 is 0 Å². The number of aromatic nitrogens is 2. The number of pyridine rings is 1. The molecule has 0 aliphatic heterocycles. The quantitative estimate of drug-likeness (QED) is 0.720. The molecule has 0 aliphatic rings. The first-order valence-electron chi connectivity index (χ1n) is 7.20. The van der Waals surface area contributed by atoms with E-state index in [-0.39, 0.29) is 0 Å². The van der Waals surface area contributed by atoms with Crippen LogP contribution in [0.1, 0.15) is 30.2 Å². The molecule has 21 heavy (non-hydrogen) atoms. The molecule has 0 atom stereocenters. The van der Waals surface area contributed by atoms with Crippen LogP contribution in [0, 0.1) is 18.3 Å². The van der Waals surface area contributed by atoms with Crippen LogP contribution >= 0.6 is 0 Å². The van der Waals surface area contributed by atoms with Crippen LogP contribution in [-0.2, 0) is 6.42 Å². The van der Waals surface area contributed by atoms with Crippen molar-refractivity contribution in [1.29, 1.82) is 5.26 Å². The lowest BCUT2D eigenvalue weighted by Gasteiger charge is -2.09. The van der Waals surface area contributed by atoms with Gasteiger partial charge in [-0.25, -0.2) is 0 Å². The van der Waals surface area contributed by atoms with Crippen molar-refractivity contribution in [2.45, 2.75) is 26.7 Å². The Morgan fingerprint density at radius 2 is 1.95 bits per heavy atom. The number of rotatable bonds is 3. The minimum Gasteiger partial charge on any atom is -0.312 e. The minimum absolute atomic E-state index is 0.678. The van der Waals surface area contributed by atoms with E-state index in [0.29, 0.717) is 5.56 Å². The summed E-state index contributed by atoms with van der Waals surface area (Å²) in [6, 6.07) is 14.1. The third kappa shape index (κ3) is 2.41. The largest absolute Gasteiger partial charge is 0.312 e. The molecule has 3 aromatic rings. The monoisotopic (exact) mass is 275 g/mol. The summed E-state index contributed by atoms with van der Waals surface area (Å²) < 4.78 is 2.20. The van der Waals surface area contributed by atoms with Gasteiger partial charge in [0.1, 0.15) is 0 Å². The Labute approximate surface area is 124 Å². The van der Waals surface area contributed by atoms with Gasteiger partial charge in [-0.15, -0.1) is 0 Å². The lowest BCUT2D eigenvalue weighted by atomic mass is 10.1. The molecule has 0 radical (unpaired) electrons. The summed E-state index contributed by atoms with van der Waals surface area (Å²) in [5.41, 5.74) is 6.29. The topological polar surface area (TPSA) is 41.6 Å². The predicted octanol–water partition coefficient (Wildman–Crippen LogP) is 4.16. The number of nitrogens with zero attached hydrogens (tertiary/aromatic N) is 3. The first-order valence-corrected chi connectivity index (χ1v) is 7.20. The third-order valence-electron chi connectivity index (χ3n) is 3.69. The first-order chi connectivity index (χ1) is 10.2. The highest BCUT2D eigenvalue weighted by molar-refractivity contribution is 5.80. The second-order valence-corrected chi connectivity index (χ2v) is 5.28. The van der Waals surface area contributed by atoms with E-state index in [4.69, 9.17) is 5.26 Å². The van der Waals surface area contributed by atoms with E-state index in [1.807, 2.05) is 30.5 Å². The fraction of sp³-hybridized carbons (Fsp3) is 0.222. The summed E-state index contributed by atoms with van der Waals surface area (Å²) in [5, 5.41) is 8.91. The SMILES string of the molecule is CCCc1cnc2cc(C)n(-c3ccc(C#N)cc3)c2c1. The zero-order chi connectivity index (χ0) is 14.8. The Balaban J connectivity index is 2.17. The van der Waals surface area contributed by atoms with Crippen molar-refractivity contribution >= 4 is 11.0 Å². The average molecular weight is 275 g/mol. The highest BCUT2D eigenvalue weighted by Gasteiger charge is 2.09. The number of aryl methyl sites for hydroxylation is 2. The fourth-order valence-electron chi connectivity index (χ4n) is 2.70. The molecule has 0 fully saturated rings. The molecule has 2 aromatic heterocycles. The van der Waals surface area contributed by atoms with Gasteiger partial charge in [0.15, 0.2) is 0 Å². The highest BCUT2D eigenvalue weighted by atomic mass is 15.0. The molecule has 0 aliphatic carbocycles. The van der Waals surface area contributed by atoms with E-state index in [1.165, 1.54) is 5.56 Å². The van der Waals surface area contributed by atoms with Crippen LogP contribution in [0.5, 0.6) is 0 Å². The van der Waals surface area contributed by atoms with E-state index in [1.54, 1.807) is 0 Å². The molecule has 0 N–H and O–H groups in total. The highest BCUT2D eigenvalue weighted by Crippen LogP contribution is 2.24. The predicted molar refractivity (Wildman–Crippen MR) is 84.5 cm³/mol. The zero-order valence-corrected chi connectivity index (χ0v) is 12.3. The van der Waals surface area contributed by atoms with Crippen molar-refractivity contribution in [3.63, 3.8) is 0 Å². The van der Waals surface area contributed by atoms with Crippen molar-refractivity contribution < 1.29 is 0 Å². The van der Waals surface area contributed by atoms with Gasteiger partial charge >= 0.3 is 0 Å². The summed E-state index contributed by atoms with van der Waals surface area (Å²) in [7, 11) is 0. The van der Waals surface area contributed by atoms with Crippen LogP contribution in [-0.4, -0.2) is 9.55 Å². The van der Waals surface area contributed by atoms with E-state index < -0.39 is 0 Å². The Kier molecular flexibility index (Phi) is 3.45. The molecular weight excluding hydrogens is 258 g/mol. The molecule has 3 nitrogen and oxygen atoms in total. The second-order valence-electron chi connectivity index (χ2n) is 5.28. The smallest absolute Gasteiger partial charge is 0.0991 e. The standard InChI is InChI=1S/C18H17N3/c1-3-4-15-10-18-17(20-12-15)9-13(2)21(18)16-7-5-14(11-19)6-8-16/h5-10,12H,3-4H2,1-2H3. The Morgan fingerprint density at radius 3 is 2.62 bits per heavy atom. The molecule has 2 heterocycles. The second kappa shape index (κ2) is 5.41. The van der Waals surface area contributed by atoms with Crippen molar-refractivity contribution in [2.24, 2.45) is 0 Å². The molecule has 104 valence electrons. The molecule has 0 unspecified atom stereocenters. The van der Waals surface area contributed by atoms with Crippen molar-refractivity contribution in [1.82, 2.24) is 9.55 Å². The lowest BCUT2D eigenvalue weighted by Crippen LogP contribution is -1.97. The van der Waals surface area contributed by atoms with Crippen molar-refractivity contribution in [3.8, 4) is 11.8 Å². The maximum atomic E-state index is 8.91. The Bertz CT molecular complexity index is 820. The first kappa shape index (κ1) is 13.4. The number of benzene rings is 1. The van der Waals surface area contributed by atoms with Crippen LogP contribution in [0.3, 0.4) is 0 Å². The van der Waals surface area contributed by atoms with Crippen molar-refractivity contribution in [2.75, 3.05) is 0 Å². The van der Waals surface area contributed by atoms with Gasteiger partial charge in [0, 0.05) is 17.6 Å². The number of hydrogen-bond acceptors (Lipinski definition) is 2. The number of hydrogen-bond donors (Lipinski definition) is 0. The average Bonchev–Trinajstić information content (AvgIpc) is 2.83. The maximum Gasteiger partial charge on any atom is 0.0991 e. The van der Waals surface area contributed by atoms with Crippen LogP contribution in [0.2, 0.25) is 0 Å². The fourth-order valence-corrected chi connectivity index (χ4v) is 2.70. The maximum absolute atomic E-state index is 8.91. The van der Waals surface area contributed by atoms with E-state index >= 15 is 0 Å². The summed E-state index contributed by atoms with van der Waals surface area (Å²) >= 11 is 0. The summed E-state index contributed by atoms with van der Waals surface area (Å²) in [6.45, 7) is 4.26. The summed E-state index contributed by atoms with van der Waals surface area (Å²) in [5.74, 6) is 0. The summed E-state index contributed by atoms with van der Waals surface area (Å²) in [4.78, 5) is 4.57. The zero-order valence-electron chi connectivity index (χ0n) is 12.3. The van der Waals surface area contributed by atoms with Gasteiger partial charge in [0.05, 0.1) is 22.7 Å². The Hall–Kier alpha value is -2.60. The molecule has 0 spiro atoms. The van der Waals surface area contributed by atoms with E-state index in [0.717, 1.165) is 35.3 Å². The van der Waals surface area contributed by atoms with Gasteiger partial charge in [-0.1, -0.05) is 13.3 Å². The lowest BCUT2D eigenvalue weighted by molar-refractivity contribution is 0.915. The molecule has 1 aromatic carbocycles. The molecular formula is C18H17N3. The number of fused-ring (bicyclic) bond motifs is 1. The molecule has 3 heteroatoms. The molecule has 0 amide bonds. The molecule has 0 bridgehead atoms.